The highest BCUT2D eigenvalue weighted by molar-refractivity contribution is 6.12. The Labute approximate surface area is 157 Å². The molecule has 0 amide bonds. The maximum Gasteiger partial charge on any atom is 0.343 e. The van der Waals surface area contributed by atoms with E-state index in [4.69, 9.17) is 10.1 Å². The first-order valence-electron chi connectivity index (χ1n) is 8.64. The number of nitrogens with zero attached hydrogens (tertiary/aromatic N) is 2. The molecule has 0 radical (unpaired) electrons. The Hall–Kier alpha value is -3.07. The fraction of sp³-hybridized carbons (Fsp3) is 0.286. The van der Waals surface area contributed by atoms with E-state index in [1.54, 1.807) is 55.5 Å². The number of carbonyl (C=O) groups is 1. The van der Waals surface area contributed by atoms with Crippen LogP contribution in [0.1, 0.15) is 30.9 Å². The summed E-state index contributed by atoms with van der Waals surface area (Å²) in [5.41, 5.74) is 1.74. The highest BCUT2D eigenvalue weighted by Gasteiger charge is 2.33. The zero-order valence-corrected chi connectivity index (χ0v) is 14.9. The molecule has 0 aliphatic heterocycles. The summed E-state index contributed by atoms with van der Waals surface area (Å²) < 4.78 is 26.6. The molecule has 4 nitrogen and oxygen atoms in total. The summed E-state index contributed by atoms with van der Waals surface area (Å²) in [6.45, 7) is 1.71. The largest absolute Gasteiger partial charge is 0.343 e. The second kappa shape index (κ2) is 10.2. The van der Waals surface area contributed by atoms with Gasteiger partial charge < -0.3 is 4.84 Å². The highest BCUT2D eigenvalue weighted by Crippen LogP contribution is 2.23. The molecular weight excluding hydrogens is 350 g/mol. The van der Waals surface area contributed by atoms with E-state index in [0.29, 0.717) is 23.3 Å². The maximum atomic E-state index is 13.3. The number of alkyl halides is 2. The lowest BCUT2D eigenvalue weighted by molar-refractivity contribution is -0.154. The molecule has 2 unspecified atom stereocenters. The zero-order valence-electron chi connectivity index (χ0n) is 14.9. The lowest BCUT2D eigenvalue weighted by atomic mass is 9.94. The van der Waals surface area contributed by atoms with E-state index in [9.17, 15) is 13.6 Å². The average molecular weight is 370 g/mol. The standard InChI is InChI=1S/C21H20F2N2O2/c1-2-15(14-24)13-18(20(22)23)21(26)27-25-19(16-9-5-3-6-10-16)17-11-7-4-8-12-17/h3-12,15,18,20H,2,13H2,1H3. The van der Waals surface area contributed by atoms with Crippen molar-refractivity contribution in [2.24, 2.45) is 17.0 Å². The number of rotatable bonds is 8. The van der Waals surface area contributed by atoms with Gasteiger partial charge in [0.1, 0.15) is 11.6 Å². The summed E-state index contributed by atoms with van der Waals surface area (Å²) in [5.74, 6) is -3.46. The highest BCUT2D eigenvalue weighted by atomic mass is 19.3. The van der Waals surface area contributed by atoms with Gasteiger partial charge in [0.2, 0.25) is 0 Å². The minimum Gasteiger partial charge on any atom is -0.317 e. The first-order valence-corrected chi connectivity index (χ1v) is 8.64. The fourth-order valence-corrected chi connectivity index (χ4v) is 2.54. The summed E-state index contributed by atoms with van der Waals surface area (Å²) in [5, 5.41) is 12.9. The van der Waals surface area contributed by atoms with Gasteiger partial charge in [-0.25, -0.2) is 13.6 Å². The van der Waals surface area contributed by atoms with Crippen molar-refractivity contribution in [1.82, 2.24) is 0 Å². The number of halogens is 2. The molecule has 2 rings (SSSR count). The van der Waals surface area contributed by atoms with Gasteiger partial charge in [0.05, 0.1) is 6.07 Å². The van der Waals surface area contributed by atoms with Crippen LogP contribution in [0.3, 0.4) is 0 Å². The van der Waals surface area contributed by atoms with E-state index >= 15 is 0 Å². The molecule has 2 aromatic carbocycles. The zero-order chi connectivity index (χ0) is 19.6. The quantitative estimate of drug-likeness (QED) is 0.381. The minimum absolute atomic E-state index is 0.259. The van der Waals surface area contributed by atoms with E-state index in [2.05, 4.69) is 5.16 Å². The first-order chi connectivity index (χ1) is 13.1. The second-order valence-electron chi connectivity index (χ2n) is 5.99. The third kappa shape index (κ3) is 5.71. The van der Waals surface area contributed by atoms with Crippen molar-refractivity contribution in [2.75, 3.05) is 0 Å². The molecule has 140 valence electrons. The molecular formula is C21H20F2N2O2. The molecule has 0 aliphatic rings. The van der Waals surface area contributed by atoms with Crippen molar-refractivity contribution in [1.29, 1.82) is 5.26 Å². The van der Waals surface area contributed by atoms with Gasteiger partial charge in [-0.15, -0.1) is 0 Å². The Balaban J connectivity index is 2.26. The van der Waals surface area contributed by atoms with Crippen LogP contribution in [0, 0.1) is 23.2 Å². The molecule has 2 aromatic rings. The number of nitriles is 1. The normalized spacial score (nSPS) is 12.7. The summed E-state index contributed by atoms with van der Waals surface area (Å²) in [6.07, 6.45) is -2.80. The van der Waals surface area contributed by atoms with Gasteiger partial charge in [-0.05, 0) is 12.8 Å². The molecule has 0 saturated heterocycles. The third-order valence-electron chi connectivity index (χ3n) is 4.14. The SMILES string of the molecule is CCC(C#N)CC(C(=O)ON=C(c1ccccc1)c1ccccc1)C(F)F. The molecule has 27 heavy (non-hydrogen) atoms. The van der Waals surface area contributed by atoms with Crippen molar-refractivity contribution in [3.8, 4) is 6.07 Å². The lowest BCUT2D eigenvalue weighted by Gasteiger charge is -2.15. The summed E-state index contributed by atoms with van der Waals surface area (Å²) >= 11 is 0. The van der Waals surface area contributed by atoms with Gasteiger partial charge in [-0.2, -0.15) is 5.26 Å². The molecule has 6 heteroatoms. The van der Waals surface area contributed by atoms with E-state index < -0.39 is 24.2 Å². The minimum atomic E-state index is -2.92. The Kier molecular flexibility index (Phi) is 7.63. The molecule has 0 spiro atoms. The van der Waals surface area contributed by atoms with Gasteiger partial charge in [-0.3, -0.25) is 0 Å². The molecule has 0 fully saturated rings. The Morgan fingerprint density at radius 3 is 2.00 bits per heavy atom. The number of hydrogen-bond acceptors (Lipinski definition) is 4. The lowest BCUT2D eigenvalue weighted by Crippen LogP contribution is -2.26. The van der Waals surface area contributed by atoms with Gasteiger partial charge in [0, 0.05) is 17.0 Å². The van der Waals surface area contributed by atoms with Crippen molar-refractivity contribution in [3.05, 3.63) is 71.8 Å². The smallest absolute Gasteiger partial charge is 0.317 e. The van der Waals surface area contributed by atoms with E-state index in [0.717, 1.165) is 0 Å². The van der Waals surface area contributed by atoms with Gasteiger partial charge in [0.15, 0.2) is 0 Å². The number of carbonyl (C=O) groups excluding carboxylic acids is 1. The average Bonchev–Trinajstić information content (AvgIpc) is 2.70. The van der Waals surface area contributed by atoms with E-state index in [1.165, 1.54) is 0 Å². The first kappa shape index (κ1) is 20.2. The van der Waals surface area contributed by atoms with Crippen LogP contribution < -0.4 is 0 Å². The van der Waals surface area contributed by atoms with Crippen LogP contribution in [-0.4, -0.2) is 18.1 Å². The molecule has 0 N–H and O–H groups in total. The summed E-state index contributed by atoms with van der Waals surface area (Å²) in [7, 11) is 0. The van der Waals surface area contributed by atoms with Crippen molar-refractivity contribution in [3.63, 3.8) is 0 Å². The topological polar surface area (TPSA) is 62.5 Å². The van der Waals surface area contributed by atoms with Crippen molar-refractivity contribution >= 4 is 11.7 Å². The van der Waals surface area contributed by atoms with Crippen molar-refractivity contribution < 1.29 is 18.4 Å². The van der Waals surface area contributed by atoms with Crippen LogP contribution in [-0.2, 0) is 9.63 Å². The van der Waals surface area contributed by atoms with Crippen LogP contribution in [0.25, 0.3) is 0 Å². The summed E-state index contributed by atoms with van der Waals surface area (Å²) in [6, 6.07) is 19.9. The predicted molar refractivity (Wildman–Crippen MR) is 98.1 cm³/mol. The fourth-order valence-electron chi connectivity index (χ4n) is 2.54. The number of hydrogen-bond donors (Lipinski definition) is 0. The Bertz CT molecular complexity index is 760. The second-order valence-corrected chi connectivity index (χ2v) is 5.99. The van der Waals surface area contributed by atoms with Crippen molar-refractivity contribution in [2.45, 2.75) is 26.2 Å². The number of oxime groups is 1. The van der Waals surface area contributed by atoms with E-state index in [-0.39, 0.29) is 6.42 Å². The summed E-state index contributed by atoms with van der Waals surface area (Å²) in [4.78, 5) is 17.1. The molecule has 0 heterocycles. The molecule has 0 bridgehead atoms. The van der Waals surface area contributed by atoms with Gasteiger partial charge in [0.25, 0.3) is 6.43 Å². The Morgan fingerprint density at radius 1 is 1.07 bits per heavy atom. The third-order valence-corrected chi connectivity index (χ3v) is 4.14. The predicted octanol–water partition coefficient (Wildman–Crippen LogP) is 4.80. The van der Waals surface area contributed by atoms with Crippen LogP contribution in [0.15, 0.2) is 65.8 Å². The molecule has 0 aromatic heterocycles. The number of benzene rings is 2. The van der Waals surface area contributed by atoms with E-state index in [1.807, 2.05) is 18.2 Å². The maximum absolute atomic E-state index is 13.3. The molecule has 2 atom stereocenters. The Morgan fingerprint density at radius 2 is 1.59 bits per heavy atom. The monoisotopic (exact) mass is 370 g/mol. The van der Waals surface area contributed by atoms with Crippen LogP contribution >= 0.6 is 0 Å². The van der Waals surface area contributed by atoms with Gasteiger partial charge in [-0.1, -0.05) is 72.7 Å². The van der Waals surface area contributed by atoms with Crippen LogP contribution in [0.5, 0.6) is 0 Å². The van der Waals surface area contributed by atoms with Gasteiger partial charge >= 0.3 is 5.97 Å². The van der Waals surface area contributed by atoms with Crippen LogP contribution in [0.2, 0.25) is 0 Å². The molecule has 0 aliphatic carbocycles. The van der Waals surface area contributed by atoms with Crippen LogP contribution in [0.4, 0.5) is 8.78 Å². The molecule has 0 saturated carbocycles.